The summed E-state index contributed by atoms with van der Waals surface area (Å²) >= 11 is 3.56. The molecule has 8 heteroatoms. The molecule has 0 amide bonds. The zero-order chi connectivity index (χ0) is 27.4. The molecule has 38 heavy (non-hydrogen) atoms. The number of allylic oxidation sites excluding steroid dienone is 3. The van der Waals surface area contributed by atoms with E-state index in [1.807, 2.05) is 50.2 Å². The fourth-order valence-corrected chi connectivity index (χ4v) is 5.66. The Bertz CT molecular complexity index is 1300. The third-order valence-corrected chi connectivity index (χ3v) is 7.65. The number of hydrogen-bond acceptors (Lipinski definition) is 7. The summed E-state index contributed by atoms with van der Waals surface area (Å²) in [5.74, 6) is 0.776. The maximum absolute atomic E-state index is 13.9. The number of Topliss-reactive ketones (excluding diaryl/α,β-unsaturated/α-hetero) is 1. The van der Waals surface area contributed by atoms with Crippen LogP contribution in [0.15, 0.2) is 63.4 Å². The number of carbonyl (C=O) groups is 2. The maximum atomic E-state index is 13.9. The van der Waals surface area contributed by atoms with E-state index in [4.69, 9.17) is 18.9 Å². The number of rotatable bonds is 9. The Morgan fingerprint density at radius 2 is 1.71 bits per heavy atom. The number of benzene rings is 2. The van der Waals surface area contributed by atoms with Gasteiger partial charge >= 0.3 is 5.97 Å². The highest BCUT2D eigenvalue weighted by atomic mass is 79.9. The van der Waals surface area contributed by atoms with Gasteiger partial charge in [0.15, 0.2) is 17.3 Å². The zero-order valence-corrected chi connectivity index (χ0v) is 24.1. The summed E-state index contributed by atoms with van der Waals surface area (Å²) in [4.78, 5) is 27.3. The Morgan fingerprint density at radius 1 is 1.00 bits per heavy atom. The lowest BCUT2D eigenvalue weighted by Gasteiger charge is -2.37. The Kier molecular flexibility index (Phi) is 8.82. The first-order valence-electron chi connectivity index (χ1n) is 12.8. The number of halogens is 1. The summed E-state index contributed by atoms with van der Waals surface area (Å²) in [7, 11) is 4.79. The number of unbranched alkanes of at least 4 members (excludes halogenated alkanes) is 1. The molecule has 2 aromatic carbocycles. The van der Waals surface area contributed by atoms with E-state index >= 15 is 0 Å². The van der Waals surface area contributed by atoms with E-state index in [0.29, 0.717) is 53.5 Å². The summed E-state index contributed by atoms with van der Waals surface area (Å²) in [5, 5.41) is 3.40. The van der Waals surface area contributed by atoms with Crippen LogP contribution in [0.3, 0.4) is 0 Å². The van der Waals surface area contributed by atoms with Crippen LogP contribution in [0.2, 0.25) is 0 Å². The number of hydrogen-bond donors (Lipinski definition) is 1. The molecule has 0 fully saturated rings. The molecule has 1 aliphatic carbocycles. The van der Waals surface area contributed by atoms with Crippen molar-refractivity contribution in [1.29, 1.82) is 0 Å². The minimum atomic E-state index is -0.605. The van der Waals surface area contributed by atoms with Gasteiger partial charge in [-0.3, -0.25) is 4.79 Å². The normalized spacial score (nSPS) is 19.1. The summed E-state index contributed by atoms with van der Waals surface area (Å²) in [5.41, 5.74) is 4.26. The number of carbonyl (C=O) groups excluding carboxylic acids is 2. The number of esters is 1. The highest BCUT2D eigenvalue weighted by Gasteiger charge is 2.42. The molecule has 4 rings (SSSR count). The van der Waals surface area contributed by atoms with Crippen molar-refractivity contribution in [3.8, 4) is 17.2 Å². The standard InChI is InChI=1S/C30H34BrNO6/c1-6-7-12-38-30(34)27-17(2)32-22-13-19(18-8-10-25(36-4)26(15-18)37-5)14-23(33)29(22)28(27)21-16-20(31)9-11-24(21)35-3/h8-11,15-16,19,28,32H,6-7,12-14H2,1-5H3/t19-,28+/m0/s1. The smallest absolute Gasteiger partial charge is 0.336 e. The third-order valence-electron chi connectivity index (χ3n) is 7.16. The van der Waals surface area contributed by atoms with Gasteiger partial charge in [0, 0.05) is 33.4 Å². The van der Waals surface area contributed by atoms with Crippen molar-refractivity contribution in [3.05, 3.63) is 74.5 Å². The minimum Gasteiger partial charge on any atom is -0.496 e. The van der Waals surface area contributed by atoms with Crippen molar-refractivity contribution in [2.24, 2.45) is 0 Å². The molecule has 2 atom stereocenters. The minimum absolute atomic E-state index is 0.0167. The Balaban J connectivity index is 1.79. The molecule has 1 heterocycles. The van der Waals surface area contributed by atoms with Gasteiger partial charge in [0.2, 0.25) is 0 Å². The van der Waals surface area contributed by atoms with Crippen LogP contribution in [0.4, 0.5) is 0 Å². The molecule has 202 valence electrons. The maximum Gasteiger partial charge on any atom is 0.336 e. The van der Waals surface area contributed by atoms with E-state index in [1.54, 1.807) is 21.3 Å². The van der Waals surface area contributed by atoms with Crippen LogP contribution in [0, 0.1) is 0 Å². The van der Waals surface area contributed by atoms with Gasteiger partial charge in [-0.15, -0.1) is 0 Å². The van der Waals surface area contributed by atoms with Crippen LogP contribution < -0.4 is 19.5 Å². The fourth-order valence-electron chi connectivity index (χ4n) is 5.28. The van der Waals surface area contributed by atoms with Crippen molar-refractivity contribution in [2.45, 2.75) is 51.4 Å². The molecule has 0 bridgehead atoms. The van der Waals surface area contributed by atoms with Gasteiger partial charge in [0.25, 0.3) is 0 Å². The van der Waals surface area contributed by atoms with Crippen LogP contribution in [0.5, 0.6) is 17.2 Å². The third kappa shape index (κ3) is 5.46. The molecule has 0 saturated carbocycles. The van der Waals surface area contributed by atoms with Gasteiger partial charge in [-0.2, -0.15) is 0 Å². The highest BCUT2D eigenvalue weighted by Crippen LogP contribution is 2.48. The van der Waals surface area contributed by atoms with Crippen LogP contribution in [-0.4, -0.2) is 39.7 Å². The van der Waals surface area contributed by atoms with Gasteiger partial charge in [-0.1, -0.05) is 35.3 Å². The van der Waals surface area contributed by atoms with Crippen LogP contribution in [-0.2, 0) is 14.3 Å². The van der Waals surface area contributed by atoms with Crippen LogP contribution in [0.1, 0.15) is 62.5 Å². The summed E-state index contributed by atoms with van der Waals surface area (Å²) in [6.07, 6.45) is 2.60. The van der Waals surface area contributed by atoms with Crippen molar-refractivity contribution in [1.82, 2.24) is 5.32 Å². The fraction of sp³-hybridized carbons (Fsp3) is 0.400. The average molecular weight is 585 g/mol. The largest absolute Gasteiger partial charge is 0.496 e. The van der Waals surface area contributed by atoms with E-state index < -0.39 is 11.9 Å². The first kappa shape index (κ1) is 27.8. The van der Waals surface area contributed by atoms with Crippen LogP contribution >= 0.6 is 15.9 Å². The van der Waals surface area contributed by atoms with Crippen molar-refractivity contribution in [2.75, 3.05) is 27.9 Å². The number of dihydropyridines is 1. The number of ether oxygens (including phenoxy) is 4. The highest BCUT2D eigenvalue weighted by molar-refractivity contribution is 9.10. The Labute approximate surface area is 232 Å². The molecular formula is C30H34BrNO6. The SMILES string of the molecule is CCCCOC(=O)C1=C(C)NC2=C(C(=O)C[C@@H](c3ccc(OC)c(OC)c3)C2)[C@@H]1c1cc(Br)ccc1OC. The molecule has 2 aromatic rings. The monoisotopic (exact) mass is 583 g/mol. The molecule has 0 saturated heterocycles. The Morgan fingerprint density at radius 3 is 2.39 bits per heavy atom. The lowest BCUT2D eigenvalue weighted by Crippen LogP contribution is -2.36. The second-order valence-electron chi connectivity index (χ2n) is 9.51. The van der Waals surface area contributed by atoms with Gasteiger partial charge < -0.3 is 24.3 Å². The predicted molar refractivity (Wildman–Crippen MR) is 149 cm³/mol. The summed E-state index contributed by atoms with van der Waals surface area (Å²) < 4.78 is 23.1. The molecule has 1 N–H and O–H groups in total. The van der Waals surface area contributed by atoms with Crippen molar-refractivity contribution in [3.63, 3.8) is 0 Å². The second-order valence-corrected chi connectivity index (χ2v) is 10.4. The molecular weight excluding hydrogens is 550 g/mol. The molecule has 0 radical (unpaired) electrons. The number of nitrogens with one attached hydrogen (secondary N) is 1. The zero-order valence-electron chi connectivity index (χ0n) is 22.5. The Hall–Kier alpha value is -3.26. The molecule has 0 unspecified atom stereocenters. The first-order valence-corrected chi connectivity index (χ1v) is 13.6. The average Bonchev–Trinajstić information content (AvgIpc) is 2.91. The number of ketones is 1. The van der Waals surface area contributed by atoms with Gasteiger partial charge in [0.1, 0.15) is 5.75 Å². The summed E-state index contributed by atoms with van der Waals surface area (Å²) in [6.45, 7) is 4.24. The second kappa shape index (κ2) is 12.1. The van der Waals surface area contributed by atoms with Crippen molar-refractivity contribution >= 4 is 27.7 Å². The van der Waals surface area contributed by atoms with Crippen LogP contribution in [0.25, 0.3) is 0 Å². The lowest BCUT2D eigenvalue weighted by molar-refractivity contribution is -0.139. The van der Waals surface area contributed by atoms with E-state index in [2.05, 4.69) is 21.2 Å². The van der Waals surface area contributed by atoms with E-state index in [-0.39, 0.29) is 11.7 Å². The molecule has 0 spiro atoms. The van der Waals surface area contributed by atoms with E-state index in [9.17, 15) is 9.59 Å². The van der Waals surface area contributed by atoms with Gasteiger partial charge in [-0.05, 0) is 61.6 Å². The molecule has 1 aliphatic heterocycles. The van der Waals surface area contributed by atoms with Gasteiger partial charge in [-0.25, -0.2) is 4.79 Å². The van der Waals surface area contributed by atoms with Crippen molar-refractivity contribution < 1.29 is 28.5 Å². The van der Waals surface area contributed by atoms with E-state index in [1.165, 1.54) is 0 Å². The topological polar surface area (TPSA) is 83.1 Å². The molecule has 2 aliphatic rings. The molecule has 7 nitrogen and oxygen atoms in total. The number of methoxy groups -OCH3 is 3. The lowest BCUT2D eigenvalue weighted by atomic mass is 9.71. The predicted octanol–water partition coefficient (Wildman–Crippen LogP) is 6.18. The van der Waals surface area contributed by atoms with Gasteiger partial charge in [0.05, 0.1) is 39.4 Å². The van der Waals surface area contributed by atoms with E-state index in [0.717, 1.165) is 34.1 Å². The summed E-state index contributed by atoms with van der Waals surface area (Å²) in [6, 6.07) is 11.4. The quantitative estimate of drug-likeness (QED) is 0.279. The molecule has 0 aromatic heterocycles. The first-order chi connectivity index (χ1) is 18.3.